The molecule has 0 bridgehead atoms. The molecule has 0 spiro atoms. The van der Waals surface area contributed by atoms with Gasteiger partial charge in [-0.15, -0.1) is 0 Å². The van der Waals surface area contributed by atoms with Crippen molar-refractivity contribution in [2.24, 2.45) is 0 Å². The van der Waals surface area contributed by atoms with Crippen molar-refractivity contribution in [3.63, 3.8) is 0 Å². The van der Waals surface area contributed by atoms with Gasteiger partial charge in [-0.1, -0.05) is 30.3 Å². The van der Waals surface area contributed by atoms with Gasteiger partial charge in [-0.3, -0.25) is 4.79 Å². The summed E-state index contributed by atoms with van der Waals surface area (Å²) >= 11 is 2.25. The third-order valence-corrected chi connectivity index (χ3v) is 3.78. The van der Waals surface area contributed by atoms with E-state index in [9.17, 15) is 4.79 Å². The molecule has 0 aliphatic carbocycles. The van der Waals surface area contributed by atoms with Crippen molar-refractivity contribution in [1.29, 1.82) is 0 Å². The topological polar surface area (TPSA) is 30.2 Å². The van der Waals surface area contributed by atoms with E-state index < -0.39 is 0 Å². The molecular weight excluding hydrogens is 351 g/mol. The molecule has 1 heterocycles. The van der Waals surface area contributed by atoms with Crippen molar-refractivity contribution >= 4 is 39.3 Å². The Morgan fingerprint density at radius 3 is 2.58 bits per heavy atom. The first kappa shape index (κ1) is 12.4. The Balaban J connectivity index is 1.90. The van der Waals surface area contributed by atoms with E-state index in [0.717, 1.165) is 16.5 Å². The average molecular weight is 362 g/mol. The van der Waals surface area contributed by atoms with Crippen LogP contribution in [0.25, 0.3) is 11.0 Å². The summed E-state index contributed by atoms with van der Waals surface area (Å²) in [5.74, 6) is 0.0890. The third-order valence-electron chi connectivity index (χ3n) is 3.06. The Labute approximate surface area is 124 Å². The van der Waals surface area contributed by atoms with Gasteiger partial charge >= 0.3 is 0 Å². The summed E-state index contributed by atoms with van der Waals surface area (Å²) in [5.41, 5.74) is 2.44. The highest BCUT2D eigenvalue weighted by Gasteiger charge is 2.13. The fraction of sp³-hybridized carbons (Fsp3) is 0.0625. The lowest BCUT2D eigenvalue weighted by Gasteiger charge is -2.00. The Morgan fingerprint density at radius 2 is 1.79 bits per heavy atom. The lowest BCUT2D eigenvalue weighted by atomic mass is 10.0. The maximum atomic E-state index is 12.3. The Hall–Kier alpha value is -1.62. The van der Waals surface area contributed by atoms with E-state index in [1.54, 1.807) is 6.26 Å². The first-order valence-corrected chi connectivity index (χ1v) is 7.06. The lowest BCUT2D eigenvalue weighted by molar-refractivity contribution is 0.0993. The molecule has 3 rings (SSSR count). The van der Waals surface area contributed by atoms with Gasteiger partial charge in [-0.2, -0.15) is 0 Å². The smallest absolute Gasteiger partial charge is 0.171 e. The molecule has 3 aromatic rings. The van der Waals surface area contributed by atoms with Gasteiger partial charge in [0.05, 0.1) is 5.56 Å². The third kappa shape index (κ3) is 2.56. The van der Waals surface area contributed by atoms with Crippen LogP contribution in [0.4, 0.5) is 0 Å². The monoisotopic (exact) mass is 362 g/mol. The molecule has 2 nitrogen and oxygen atoms in total. The van der Waals surface area contributed by atoms with Crippen LogP contribution in [0.15, 0.2) is 59.2 Å². The van der Waals surface area contributed by atoms with E-state index in [1.807, 2.05) is 48.5 Å². The molecule has 0 saturated carbocycles. The predicted molar refractivity (Wildman–Crippen MR) is 83.4 cm³/mol. The number of fused-ring (bicyclic) bond motifs is 1. The van der Waals surface area contributed by atoms with E-state index >= 15 is 0 Å². The maximum absolute atomic E-state index is 12.3. The number of para-hydroxylation sites is 1. The molecule has 19 heavy (non-hydrogen) atoms. The second kappa shape index (κ2) is 5.17. The summed E-state index contributed by atoms with van der Waals surface area (Å²) in [7, 11) is 0. The van der Waals surface area contributed by atoms with Crippen LogP contribution in [0.3, 0.4) is 0 Å². The number of hydrogen-bond donors (Lipinski definition) is 0. The zero-order chi connectivity index (χ0) is 13.2. The molecule has 0 N–H and O–H groups in total. The van der Waals surface area contributed by atoms with Gasteiger partial charge in [-0.25, -0.2) is 0 Å². The molecule has 0 aliphatic heterocycles. The molecule has 0 amide bonds. The number of hydrogen-bond acceptors (Lipinski definition) is 2. The minimum atomic E-state index is 0.0890. The van der Waals surface area contributed by atoms with Crippen molar-refractivity contribution < 1.29 is 9.21 Å². The molecule has 0 saturated heterocycles. The van der Waals surface area contributed by atoms with Crippen LogP contribution in [0.5, 0.6) is 0 Å². The Kier molecular flexibility index (Phi) is 3.38. The molecule has 3 heteroatoms. The quantitative estimate of drug-likeness (QED) is 0.509. The highest BCUT2D eigenvalue weighted by Crippen LogP contribution is 2.22. The Bertz CT molecular complexity index is 726. The molecule has 0 atom stereocenters. The van der Waals surface area contributed by atoms with Crippen molar-refractivity contribution in [2.45, 2.75) is 6.42 Å². The highest BCUT2D eigenvalue weighted by molar-refractivity contribution is 14.1. The fourth-order valence-electron chi connectivity index (χ4n) is 2.08. The van der Waals surface area contributed by atoms with Crippen LogP contribution in [0.1, 0.15) is 15.9 Å². The number of furan rings is 1. The lowest BCUT2D eigenvalue weighted by Crippen LogP contribution is -2.02. The van der Waals surface area contributed by atoms with E-state index in [-0.39, 0.29) is 5.78 Å². The summed E-state index contributed by atoms with van der Waals surface area (Å²) in [6, 6.07) is 15.6. The van der Waals surface area contributed by atoms with E-state index in [1.165, 1.54) is 3.57 Å². The van der Waals surface area contributed by atoms with Crippen molar-refractivity contribution in [1.82, 2.24) is 0 Å². The minimum absolute atomic E-state index is 0.0890. The maximum Gasteiger partial charge on any atom is 0.171 e. The number of ketones is 1. The number of rotatable bonds is 3. The number of benzene rings is 2. The number of carbonyl (C=O) groups excluding carboxylic acids is 1. The van der Waals surface area contributed by atoms with Crippen LogP contribution in [0.2, 0.25) is 0 Å². The first-order chi connectivity index (χ1) is 9.24. The normalized spacial score (nSPS) is 10.8. The van der Waals surface area contributed by atoms with Crippen LogP contribution in [0, 0.1) is 3.57 Å². The number of Topliss-reactive ketones (excluding diaryl/α,β-unsaturated/α-hetero) is 1. The van der Waals surface area contributed by atoms with Gasteiger partial charge in [0.15, 0.2) is 5.78 Å². The van der Waals surface area contributed by atoms with Gasteiger partial charge in [0, 0.05) is 15.4 Å². The summed E-state index contributed by atoms with van der Waals surface area (Å²) in [6.45, 7) is 0. The van der Waals surface area contributed by atoms with Gasteiger partial charge < -0.3 is 4.42 Å². The highest BCUT2D eigenvalue weighted by atomic mass is 127. The van der Waals surface area contributed by atoms with Gasteiger partial charge in [-0.05, 0) is 46.4 Å². The van der Waals surface area contributed by atoms with Gasteiger partial charge in [0.25, 0.3) is 0 Å². The van der Waals surface area contributed by atoms with E-state index in [0.29, 0.717) is 12.0 Å². The number of halogens is 1. The van der Waals surface area contributed by atoms with Crippen LogP contribution in [-0.2, 0) is 6.42 Å². The van der Waals surface area contributed by atoms with Crippen LogP contribution >= 0.6 is 22.6 Å². The molecule has 0 unspecified atom stereocenters. The predicted octanol–water partition coefficient (Wildman–Crippen LogP) is 4.46. The van der Waals surface area contributed by atoms with E-state index in [2.05, 4.69) is 22.6 Å². The van der Waals surface area contributed by atoms with Crippen LogP contribution < -0.4 is 0 Å². The van der Waals surface area contributed by atoms with Gasteiger partial charge in [0.1, 0.15) is 11.8 Å². The minimum Gasteiger partial charge on any atom is -0.464 e. The van der Waals surface area contributed by atoms with Gasteiger partial charge in [0.2, 0.25) is 0 Å². The van der Waals surface area contributed by atoms with Crippen molar-refractivity contribution in [2.75, 3.05) is 0 Å². The fourth-order valence-corrected chi connectivity index (χ4v) is 2.44. The summed E-state index contributed by atoms with van der Waals surface area (Å²) in [4.78, 5) is 12.3. The molecule has 0 radical (unpaired) electrons. The second-order valence-electron chi connectivity index (χ2n) is 4.37. The summed E-state index contributed by atoms with van der Waals surface area (Å²) in [6.07, 6.45) is 1.96. The van der Waals surface area contributed by atoms with E-state index in [4.69, 9.17) is 4.42 Å². The zero-order valence-corrected chi connectivity index (χ0v) is 12.3. The van der Waals surface area contributed by atoms with Crippen molar-refractivity contribution in [3.8, 4) is 0 Å². The largest absolute Gasteiger partial charge is 0.464 e. The molecular formula is C16H11IO2. The molecule has 94 valence electrons. The zero-order valence-electron chi connectivity index (χ0n) is 10.1. The molecule has 2 aromatic carbocycles. The second-order valence-corrected chi connectivity index (χ2v) is 5.62. The Morgan fingerprint density at radius 1 is 1.05 bits per heavy atom. The SMILES string of the molecule is O=C(Cc1ccc(I)cc1)c1coc2ccccc12. The standard InChI is InChI=1S/C16H11IO2/c17-12-7-5-11(6-8-12)9-15(18)14-10-19-16-4-2-1-3-13(14)16/h1-8,10H,9H2. The average Bonchev–Trinajstić information content (AvgIpc) is 2.85. The molecule has 0 fully saturated rings. The van der Waals surface area contributed by atoms with Crippen molar-refractivity contribution in [3.05, 3.63) is 69.5 Å². The molecule has 1 aromatic heterocycles. The summed E-state index contributed by atoms with van der Waals surface area (Å²) in [5, 5.41) is 0.887. The summed E-state index contributed by atoms with van der Waals surface area (Å²) < 4.78 is 6.57. The first-order valence-electron chi connectivity index (χ1n) is 5.98. The number of carbonyl (C=O) groups is 1. The molecule has 0 aliphatic rings. The van der Waals surface area contributed by atoms with Crippen LogP contribution in [-0.4, -0.2) is 5.78 Å².